The number of carbonyl (C=O) groups excluding carboxylic acids is 2. The summed E-state index contributed by atoms with van der Waals surface area (Å²) < 4.78 is 18.8. The summed E-state index contributed by atoms with van der Waals surface area (Å²) in [6.07, 6.45) is 0. The molecule has 3 rings (SSSR count). The Kier molecular flexibility index (Phi) is 4.75. The van der Waals surface area contributed by atoms with Crippen molar-refractivity contribution in [1.29, 1.82) is 0 Å². The number of hydrogen-bond donors (Lipinski definition) is 1. The van der Waals surface area contributed by atoms with E-state index < -0.39 is 0 Å². The van der Waals surface area contributed by atoms with Crippen LogP contribution in [0.5, 0.6) is 5.75 Å². The van der Waals surface area contributed by atoms with Gasteiger partial charge >= 0.3 is 0 Å². The van der Waals surface area contributed by atoms with Crippen molar-refractivity contribution in [2.45, 2.75) is 13.5 Å². The number of amides is 2. The lowest BCUT2D eigenvalue weighted by Crippen LogP contribution is -2.39. The molecule has 1 aromatic heterocycles. The van der Waals surface area contributed by atoms with Gasteiger partial charge in [0, 0.05) is 30.6 Å². The third-order valence-corrected chi connectivity index (χ3v) is 4.38. The van der Waals surface area contributed by atoms with Crippen molar-refractivity contribution >= 4 is 23.2 Å². The Morgan fingerprint density at radius 2 is 2.33 bits per heavy atom. The van der Waals surface area contributed by atoms with E-state index in [0.29, 0.717) is 23.6 Å². The van der Waals surface area contributed by atoms with Crippen LogP contribution in [-0.2, 0) is 11.3 Å². The molecule has 1 aliphatic heterocycles. The lowest BCUT2D eigenvalue weighted by atomic mass is 10.2. The molecule has 24 heavy (non-hydrogen) atoms. The van der Waals surface area contributed by atoms with Crippen LogP contribution in [0.4, 0.5) is 4.39 Å². The number of fused-ring (bicyclic) bond motifs is 1. The van der Waals surface area contributed by atoms with Gasteiger partial charge in [-0.3, -0.25) is 9.59 Å². The second-order valence-electron chi connectivity index (χ2n) is 5.36. The number of nitrogens with zero attached hydrogens (tertiary/aromatic N) is 2. The Labute approximate surface area is 142 Å². The minimum Gasteiger partial charge on any atom is -0.483 e. The number of ether oxygens (including phenoxy) is 1. The van der Waals surface area contributed by atoms with Gasteiger partial charge < -0.3 is 15.0 Å². The molecule has 0 saturated heterocycles. The van der Waals surface area contributed by atoms with E-state index in [1.54, 1.807) is 5.38 Å². The number of hydrogen-bond acceptors (Lipinski definition) is 5. The summed E-state index contributed by atoms with van der Waals surface area (Å²) in [7, 11) is 0. The molecule has 0 bridgehead atoms. The first-order valence-corrected chi connectivity index (χ1v) is 8.30. The highest BCUT2D eigenvalue weighted by molar-refractivity contribution is 7.09. The van der Waals surface area contributed by atoms with Crippen molar-refractivity contribution in [2.75, 3.05) is 19.7 Å². The highest BCUT2D eigenvalue weighted by Gasteiger charge is 2.22. The van der Waals surface area contributed by atoms with E-state index in [1.807, 2.05) is 6.92 Å². The minimum atomic E-state index is -0.376. The highest BCUT2D eigenvalue weighted by Crippen LogP contribution is 2.24. The first kappa shape index (κ1) is 16.4. The Bertz CT molecular complexity index is 778. The molecule has 1 aliphatic rings. The van der Waals surface area contributed by atoms with Crippen LogP contribution in [-0.4, -0.2) is 41.4 Å². The third-order valence-electron chi connectivity index (χ3n) is 3.61. The smallest absolute Gasteiger partial charge is 0.270 e. The SMILES string of the molecule is Cc1nc(C(=O)NCCN2Cc3cc(F)ccc3OCC2=O)cs1. The van der Waals surface area contributed by atoms with Gasteiger partial charge in [0.05, 0.1) is 5.01 Å². The molecule has 2 amide bonds. The Balaban J connectivity index is 1.59. The zero-order valence-corrected chi connectivity index (χ0v) is 13.9. The van der Waals surface area contributed by atoms with Crippen LogP contribution < -0.4 is 10.1 Å². The van der Waals surface area contributed by atoms with E-state index in [4.69, 9.17) is 4.74 Å². The van der Waals surface area contributed by atoms with Crippen LogP contribution in [0.3, 0.4) is 0 Å². The summed E-state index contributed by atoms with van der Waals surface area (Å²) in [4.78, 5) is 29.7. The summed E-state index contributed by atoms with van der Waals surface area (Å²) >= 11 is 1.40. The maximum Gasteiger partial charge on any atom is 0.270 e. The van der Waals surface area contributed by atoms with Crippen molar-refractivity contribution in [3.63, 3.8) is 0 Å². The fourth-order valence-electron chi connectivity index (χ4n) is 2.40. The molecule has 126 valence electrons. The average molecular weight is 349 g/mol. The van der Waals surface area contributed by atoms with Gasteiger partial charge in [-0.05, 0) is 25.1 Å². The predicted molar refractivity (Wildman–Crippen MR) is 86.5 cm³/mol. The van der Waals surface area contributed by atoms with Crippen molar-refractivity contribution in [1.82, 2.24) is 15.2 Å². The molecule has 0 atom stereocenters. The highest BCUT2D eigenvalue weighted by atomic mass is 32.1. The first-order chi connectivity index (χ1) is 11.5. The molecular formula is C16H16FN3O3S. The standard InChI is InChI=1S/C16H16FN3O3S/c1-10-19-13(9-24-10)16(22)18-4-5-20-7-11-6-12(17)2-3-14(11)23-8-15(20)21/h2-3,6,9H,4-5,7-8H2,1H3,(H,18,22). The van der Waals surface area contributed by atoms with Crippen molar-refractivity contribution in [3.8, 4) is 5.75 Å². The minimum absolute atomic E-state index is 0.0993. The second-order valence-corrected chi connectivity index (χ2v) is 6.43. The van der Waals surface area contributed by atoms with E-state index in [2.05, 4.69) is 10.3 Å². The van der Waals surface area contributed by atoms with E-state index in [0.717, 1.165) is 5.01 Å². The molecule has 0 spiro atoms. The monoisotopic (exact) mass is 349 g/mol. The fraction of sp³-hybridized carbons (Fsp3) is 0.312. The molecule has 0 fully saturated rings. The Hall–Kier alpha value is -2.48. The van der Waals surface area contributed by atoms with E-state index in [1.165, 1.54) is 34.4 Å². The maximum absolute atomic E-state index is 13.4. The summed E-state index contributed by atoms with van der Waals surface area (Å²) in [5, 5.41) is 5.24. The molecule has 1 aromatic carbocycles. The van der Waals surface area contributed by atoms with Crippen molar-refractivity contribution in [3.05, 3.63) is 45.7 Å². The normalized spacial score (nSPS) is 13.9. The number of nitrogens with one attached hydrogen (secondary N) is 1. The van der Waals surface area contributed by atoms with Crippen molar-refractivity contribution < 1.29 is 18.7 Å². The topological polar surface area (TPSA) is 71.5 Å². The third kappa shape index (κ3) is 3.70. The fourth-order valence-corrected chi connectivity index (χ4v) is 3.00. The molecule has 8 heteroatoms. The number of thiazole rings is 1. The molecule has 2 heterocycles. The number of carbonyl (C=O) groups is 2. The summed E-state index contributed by atoms with van der Waals surface area (Å²) in [5.41, 5.74) is 0.984. The second kappa shape index (κ2) is 6.96. The van der Waals surface area contributed by atoms with Crippen molar-refractivity contribution in [2.24, 2.45) is 0 Å². The molecular weight excluding hydrogens is 333 g/mol. The van der Waals surface area contributed by atoms with Gasteiger partial charge in [-0.25, -0.2) is 9.37 Å². The Morgan fingerprint density at radius 1 is 1.50 bits per heavy atom. The summed E-state index contributed by atoms with van der Waals surface area (Å²) in [5.74, 6) is -0.345. The number of halogens is 1. The van der Waals surface area contributed by atoms with Gasteiger partial charge in [0.15, 0.2) is 6.61 Å². The largest absolute Gasteiger partial charge is 0.483 e. The molecule has 1 N–H and O–H groups in total. The Morgan fingerprint density at radius 3 is 3.08 bits per heavy atom. The lowest BCUT2D eigenvalue weighted by Gasteiger charge is -2.20. The van der Waals surface area contributed by atoms with Gasteiger partial charge in [0.1, 0.15) is 17.3 Å². The average Bonchev–Trinajstić information content (AvgIpc) is 2.92. The predicted octanol–water partition coefficient (Wildman–Crippen LogP) is 1.74. The summed E-state index contributed by atoms with van der Waals surface area (Å²) in [6, 6.07) is 4.18. The van der Waals surface area contributed by atoms with Crippen LogP contribution >= 0.6 is 11.3 Å². The van der Waals surface area contributed by atoms with Gasteiger partial charge in [0.25, 0.3) is 11.8 Å². The zero-order chi connectivity index (χ0) is 17.1. The van der Waals surface area contributed by atoms with E-state index in [-0.39, 0.29) is 37.3 Å². The van der Waals surface area contributed by atoms with E-state index >= 15 is 0 Å². The summed E-state index contributed by atoms with van der Waals surface area (Å²) in [6.45, 7) is 2.57. The molecule has 0 unspecified atom stereocenters. The number of aromatic nitrogens is 1. The van der Waals surface area contributed by atoms with Gasteiger partial charge in [-0.2, -0.15) is 0 Å². The molecule has 0 aliphatic carbocycles. The van der Waals surface area contributed by atoms with Crippen LogP contribution in [0.15, 0.2) is 23.6 Å². The first-order valence-electron chi connectivity index (χ1n) is 7.42. The van der Waals surface area contributed by atoms with Crippen LogP contribution in [0.25, 0.3) is 0 Å². The molecule has 6 nitrogen and oxygen atoms in total. The van der Waals surface area contributed by atoms with Gasteiger partial charge in [-0.1, -0.05) is 0 Å². The molecule has 2 aromatic rings. The number of rotatable bonds is 4. The number of aryl methyl sites for hydroxylation is 1. The van der Waals surface area contributed by atoms with Crippen LogP contribution in [0.2, 0.25) is 0 Å². The molecule has 0 radical (unpaired) electrons. The van der Waals surface area contributed by atoms with Crippen LogP contribution in [0.1, 0.15) is 21.1 Å². The van der Waals surface area contributed by atoms with Crippen LogP contribution in [0, 0.1) is 12.7 Å². The van der Waals surface area contributed by atoms with Gasteiger partial charge in [0.2, 0.25) is 0 Å². The quantitative estimate of drug-likeness (QED) is 0.913. The molecule has 0 saturated carbocycles. The zero-order valence-electron chi connectivity index (χ0n) is 13.0. The number of benzene rings is 1. The maximum atomic E-state index is 13.4. The van der Waals surface area contributed by atoms with Gasteiger partial charge in [-0.15, -0.1) is 11.3 Å². The van der Waals surface area contributed by atoms with E-state index in [9.17, 15) is 14.0 Å². The lowest BCUT2D eigenvalue weighted by molar-refractivity contribution is -0.133.